The smallest absolute Gasteiger partial charge is 0.243 e. The Hall–Kier alpha value is -3.71. The quantitative estimate of drug-likeness (QED) is 0.199. The third kappa shape index (κ3) is 5.69. The van der Waals surface area contributed by atoms with Crippen LogP contribution in [-0.2, 0) is 16.0 Å². The summed E-state index contributed by atoms with van der Waals surface area (Å²) < 4.78 is 0. The second kappa shape index (κ2) is 11.1. The van der Waals surface area contributed by atoms with Crippen molar-refractivity contribution in [3.8, 4) is 0 Å². The average Bonchev–Trinajstić information content (AvgIpc) is 3.29. The number of carbonyl (C=O) groups is 2. The van der Waals surface area contributed by atoms with Crippen molar-refractivity contribution < 1.29 is 9.59 Å². The molecule has 0 unspecified atom stereocenters. The highest BCUT2D eigenvalue weighted by molar-refractivity contribution is 7.80. The molecule has 1 amide bonds. The Balaban J connectivity index is 1.45. The normalized spacial score (nSPS) is 13.7. The van der Waals surface area contributed by atoms with Gasteiger partial charge in [0.1, 0.15) is 12.3 Å². The maximum absolute atomic E-state index is 13.3. The van der Waals surface area contributed by atoms with Gasteiger partial charge >= 0.3 is 0 Å². The molecule has 0 saturated heterocycles. The number of carbonyl (C=O) groups excluding carboxylic acids is 2. The minimum absolute atomic E-state index is 0.00246. The maximum atomic E-state index is 13.3. The van der Waals surface area contributed by atoms with Crippen LogP contribution in [0.4, 0.5) is 5.69 Å². The van der Waals surface area contributed by atoms with Crippen LogP contribution in [0, 0.1) is 5.92 Å². The Kier molecular flexibility index (Phi) is 7.77. The first-order valence-electron chi connectivity index (χ1n) is 11.9. The first-order valence-corrected chi connectivity index (χ1v) is 12.3. The molecular weight excluding hydrogens is 456 g/mol. The molecule has 7 heteroatoms. The molecule has 4 rings (SSSR count). The van der Waals surface area contributed by atoms with Gasteiger partial charge in [0, 0.05) is 34.6 Å². The highest BCUT2D eigenvalue weighted by Gasteiger charge is 2.27. The van der Waals surface area contributed by atoms with Crippen LogP contribution in [0.1, 0.15) is 25.8 Å². The van der Waals surface area contributed by atoms with Gasteiger partial charge in [0.2, 0.25) is 5.91 Å². The molecule has 0 bridgehead atoms. The van der Waals surface area contributed by atoms with E-state index in [-0.39, 0.29) is 11.8 Å². The van der Waals surface area contributed by atoms with Crippen LogP contribution in [0.2, 0.25) is 0 Å². The average molecular weight is 487 g/mol. The lowest BCUT2D eigenvalue weighted by molar-refractivity contribution is -0.126. The third-order valence-electron chi connectivity index (χ3n) is 6.43. The van der Waals surface area contributed by atoms with Crippen LogP contribution in [0.3, 0.4) is 0 Å². The molecule has 1 aromatic heterocycles. The van der Waals surface area contributed by atoms with E-state index in [0.717, 1.165) is 45.6 Å². The Morgan fingerprint density at radius 1 is 1.00 bits per heavy atom. The molecule has 4 N–H and O–H groups in total. The lowest BCUT2D eigenvalue weighted by Gasteiger charge is -2.26. The number of hydrogen-bond donors (Lipinski definition) is 4. The molecule has 0 aliphatic rings. The van der Waals surface area contributed by atoms with Gasteiger partial charge in [-0.1, -0.05) is 74.9 Å². The number of aldehydes is 1. The van der Waals surface area contributed by atoms with Crippen LogP contribution < -0.4 is 16.0 Å². The fourth-order valence-electron chi connectivity index (χ4n) is 4.28. The van der Waals surface area contributed by atoms with Crippen molar-refractivity contribution in [1.29, 1.82) is 0 Å². The molecule has 0 aliphatic heterocycles. The number of H-pyrrole nitrogens is 1. The number of benzene rings is 3. The number of amides is 1. The van der Waals surface area contributed by atoms with Crippen LogP contribution >= 0.6 is 12.2 Å². The van der Waals surface area contributed by atoms with Gasteiger partial charge in [-0.2, -0.15) is 0 Å². The van der Waals surface area contributed by atoms with Gasteiger partial charge < -0.3 is 25.7 Å². The van der Waals surface area contributed by atoms with Gasteiger partial charge in [-0.15, -0.1) is 0 Å². The summed E-state index contributed by atoms with van der Waals surface area (Å²) in [6.07, 6.45) is 3.86. The van der Waals surface area contributed by atoms with E-state index in [1.54, 1.807) is 0 Å². The van der Waals surface area contributed by atoms with Crippen molar-refractivity contribution in [2.75, 3.05) is 5.32 Å². The Morgan fingerprint density at radius 3 is 2.49 bits per heavy atom. The number of aromatic nitrogens is 1. The van der Waals surface area contributed by atoms with E-state index in [9.17, 15) is 9.59 Å². The van der Waals surface area contributed by atoms with Crippen molar-refractivity contribution in [1.82, 2.24) is 15.6 Å². The molecule has 3 aromatic carbocycles. The minimum atomic E-state index is -0.644. The third-order valence-corrected chi connectivity index (χ3v) is 6.65. The van der Waals surface area contributed by atoms with Crippen molar-refractivity contribution in [2.24, 2.45) is 5.92 Å². The SMILES string of the molecule is CC[C@@H](C)[C@H](NC(=S)Nc1cccc2ccccc12)C(=O)N[C@@H](C=O)Cc1c[nH]c2ccccc12. The molecule has 4 aromatic rings. The van der Waals surface area contributed by atoms with E-state index >= 15 is 0 Å². The molecule has 180 valence electrons. The number of para-hydroxylation sites is 1. The summed E-state index contributed by atoms with van der Waals surface area (Å²) in [5, 5.41) is 12.9. The summed E-state index contributed by atoms with van der Waals surface area (Å²) in [6.45, 7) is 4.02. The standard InChI is InChI=1S/C28H30N4O2S/c1-3-18(2)26(32-28(35)31-25-14-8-10-19-9-4-5-11-22(19)25)27(34)30-21(17-33)15-20-16-29-24-13-7-6-12-23(20)24/h4-14,16-18,21,26,29H,3,15H2,1-2H3,(H,30,34)(H2,31,32,35)/t18-,21-,26+/m1/s1. The number of anilines is 1. The Bertz CT molecular complexity index is 1340. The van der Waals surface area contributed by atoms with Gasteiger partial charge in [0.05, 0.1) is 6.04 Å². The Labute approximate surface area is 210 Å². The first kappa shape index (κ1) is 24.4. The lowest BCUT2D eigenvalue weighted by Crippen LogP contribution is -2.54. The minimum Gasteiger partial charge on any atom is -0.361 e. The predicted octanol–water partition coefficient (Wildman–Crippen LogP) is 4.95. The van der Waals surface area contributed by atoms with Gasteiger partial charge in [0.15, 0.2) is 5.11 Å². The highest BCUT2D eigenvalue weighted by Crippen LogP contribution is 2.23. The fourth-order valence-corrected chi connectivity index (χ4v) is 4.52. The molecule has 6 nitrogen and oxygen atoms in total. The Morgan fingerprint density at radius 2 is 1.71 bits per heavy atom. The van der Waals surface area contributed by atoms with Gasteiger partial charge in [0.25, 0.3) is 0 Å². The van der Waals surface area contributed by atoms with E-state index in [1.807, 2.05) is 86.8 Å². The van der Waals surface area contributed by atoms with E-state index in [0.29, 0.717) is 11.5 Å². The second-order valence-electron chi connectivity index (χ2n) is 8.80. The molecule has 0 aliphatic carbocycles. The van der Waals surface area contributed by atoms with E-state index in [1.165, 1.54) is 0 Å². The van der Waals surface area contributed by atoms with Crippen LogP contribution in [0.25, 0.3) is 21.7 Å². The van der Waals surface area contributed by atoms with Crippen molar-refractivity contribution in [3.05, 3.63) is 78.5 Å². The lowest BCUT2D eigenvalue weighted by atomic mass is 9.97. The molecular formula is C28H30N4O2S. The highest BCUT2D eigenvalue weighted by atomic mass is 32.1. The summed E-state index contributed by atoms with van der Waals surface area (Å²) in [7, 11) is 0. The summed E-state index contributed by atoms with van der Waals surface area (Å²) in [5.41, 5.74) is 2.86. The van der Waals surface area contributed by atoms with Gasteiger partial charge in [-0.05, 0) is 41.2 Å². The monoisotopic (exact) mass is 486 g/mol. The van der Waals surface area contributed by atoms with Gasteiger partial charge in [-0.3, -0.25) is 4.79 Å². The van der Waals surface area contributed by atoms with Crippen LogP contribution in [-0.4, -0.2) is 34.4 Å². The zero-order valence-corrected chi connectivity index (χ0v) is 20.7. The van der Waals surface area contributed by atoms with Crippen molar-refractivity contribution in [3.63, 3.8) is 0 Å². The number of fused-ring (bicyclic) bond motifs is 2. The summed E-state index contributed by atoms with van der Waals surface area (Å²) in [4.78, 5) is 28.4. The predicted molar refractivity (Wildman–Crippen MR) is 147 cm³/mol. The van der Waals surface area contributed by atoms with Crippen molar-refractivity contribution in [2.45, 2.75) is 38.8 Å². The van der Waals surface area contributed by atoms with E-state index in [2.05, 4.69) is 20.9 Å². The number of thiocarbonyl (C=S) groups is 1. The largest absolute Gasteiger partial charge is 0.361 e. The van der Waals surface area contributed by atoms with E-state index in [4.69, 9.17) is 12.2 Å². The van der Waals surface area contributed by atoms with E-state index < -0.39 is 12.1 Å². The summed E-state index contributed by atoms with van der Waals surface area (Å²) >= 11 is 5.57. The first-order chi connectivity index (χ1) is 17.0. The molecule has 3 atom stereocenters. The number of nitrogens with one attached hydrogen (secondary N) is 4. The van der Waals surface area contributed by atoms with Gasteiger partial charge in [-0.25, -0.2) is 0 Å². The number of rotatable bonds is 9. The molecule has 0 radical (unpaired) electrons. The maximum Gasteiger partial charge on any atom is 0.243 e. The van der Waals surface area contributed by atoms with Crippen LogP contribution in [0.15, 0.2) is 72.9 Å². The second-order valence-corrected chi connectivity index (χ2v) is 9.21. The molecule has 35 heavy (non-hydrogen) atoms. The summed E-state index contributed by atoms with van der Waals surface area (Å²) in [6, 6.07) is 20.7. The number of aromatic amines is 1. The molecule has 0 saturated carbocycles. The molecule has 0 fully saturated rings. The summed E-state index contributed by atoms with van der Waals surface area (Å²) in [5.74, 6) is -0.249. The fraction of sp³-hybridized carbons (Fsp3) is 0.250. The molecule has 0 spiro atoms. The van der Waals surface area contributed by atoms with Crippen LogP contribution in [0.5, 0.6) is 0 Å². The van der Waals surface area contributed by atoms with Crippen molar-refractivity contribution >= 4 is 56.9 Å². The zero-order chi connectivity index (χ0) is 24.8. The number of hydrogen-bond acceptors (Lipinski definition) is 3. The molecule has 1 heterocycles. The zero-order valence-electron chi connectivity index (χ0n) is 19.9. The topological polar surface area (TPSA) is 86.0 Å².